The number of anilines is 1. The van der Waals surface area contributed by atoms with Crippen molar-refractivity contribution >= 4 is 17.6 Å². The summed E-state index contributed by atoms with van der Waals surface area (Å²) in [6.07, 6.45) is 1.32. The van der Waals surface area contributed by atoms with Gasteiger partial charge < -0.3 is 25.2 Å². The van der Waals surface area contributed by atoms with Crippen molar-refractivity contribution in [1.29, 1.82) is 0 Å². The Hall–Kier alpha value is -3.06. The van der Waals surface area contributed by atoms with Crippen molar-refractivity contribution in [3.63, 3.8) is 0 Å². The van der Waals surface area contributed by atoms with Crippen molar-refractivity contribution < 1.29 is 14.3 Å². The molecule has 1 aliphatic heterocycles. The molecule has 7 nitrogen and oxygen atoms in total. The number of amides is 3. The summed E-state index contributed by atoms with van der Waals surface area (Å²) in [4.78, 5) is 29.1. The lowest BCUT2D eigenvalue weighted by Crippen LogP contribution is -2.45. The fourth-order valence-corrected chi connectivity index (χ4v) is 3.92. The van der Waals surface area contributed by atoms with Gasteiger partial charge in [0.2, 0.25) is 5.91 Å². The highest BCUT2D eigenvalue weighted by atomic mass is 16.5. The zero-order chi connectivity index (χ0) is 22.2. The second kappa shape index (κ2) is 10.8. The van der Waals surface area contributed by atoms with Crippen LogP contribution in [0.25, 0.3) is 0 Å². The molecule has 7 heteroatoms. The van der Waals surface area contributed by atoms with Crippen LogP contribution in [-0.4, -0.2) is 62.6 Å². The number of likely N-dealkylation sites (tertiary alicyclic amines) is 1. The molecular formula is C24H32N4O3. The molecule has 2 N–H and O–H groups in total. The van der Waals surface area contributed by atoms with Gasteiger partial charge in [0.25, 0.3) is 0 Å². The fourth-order valence-electron chi connectivity index (χ4n) is 3.92. The lowest BCUT2D eigenvalue weighted by molar-refractivity contribution is -0.126. The van der Waals surface area contributed by atoms with Crippen molar-refractivity contribution in [3.05, 3.63) is 60.2 Å². The summed E-state index contributed by atoms with van der Waals surface area (Å²) in [6.45, 7) is 1.64. The Morgan fingerprint density at radius 2 is 1.71 bits per heavy atom. The van der Waals surface area contributed by atoms with E-state index in [1.807, 2.05) is 68.7 Å². The van der Waals surface area contributed by atoms with Crippen LogP contribution >= 0.6 is 0 Å². The van der Waals surface area contributed by atoms with Gasteiger partial charge in [-0.15, -0.1) is 0 Å². The van der Waals surface area contributed by atoms with Crippen molar-refractivity contribution in [2.45, 2.75) is 18.9 Å². The first-order valence-electron chi connectivity index (χ1n) is 10.7. The molecule has 1 heterocycles. The Bertz CT molecular complexity index is 864. The first-order valence-corrected chi connectivity index (χ1v) is 10.7. The van der Waals surface area contributed by atoms with E-state index in [1.54, 1.807) is 12.0 Å². The van der Waals surface area contributed by atoms with E-state index < -0.39 is 0 Å². The maximum atomic E-state index is 12.8. The molecule has 0 bridgehead atoms. The van der Waals surface area contributed by atoms with Gasteiger partial charge in [0, 0.05) is 36.8 Å². The highest BCUT2D eigenvalue weighted by molar-refractivity contribution is 5.89. The average molecular weight is 425 g/mol. The van der Waals surface area contributed by atoms with Gasteiger partial charge in [-0.2, -0.15) is 0 Å². The van der Waals surface area contributed by atoms with Gasteiger partial charge in [0.05, 0.1) is 13.2 Å². The molecule has 0 unspecified atom stereocenters. The van der Waals surface area contributed by atoms with Crippen LogP contribution in [0.15, 0.2) is 54.6 Å². The highest BCUT2D eigenvalue weighted by Gasteiger charge is 2.28. The van der Waals surface area contributed by atoms with E-state index in [-0.39, 0.29) is 23.9 Å². The Kier molecular flexibility index (Phi) is 7.89. The molecule has 0 aliphatic carbocycles. The van der Waals surface area contributed by atoms with Crippen molar-refractivity contribution in [2.75, 3.05) is 46.2 Å². The molecule has 2 aromatic carbocycles. The van der Waals surface area contributed by atoms with Gasteiger partial charge >= 0.3 is 6.03 Å². The topological polar surface area (TPSA) is 73.9 Å². The molecule has 166 valence electrons. The molecule has 3 amide bonds. The Morgan fingerprint density at radius 1 is 1.06 bits per heavy atom. The predicted molar refractivity (Wildman–Crippen MR) is 122 cm³/mol. The molecule has 31 heavy (non-hydrogen) atoms. The average Bonchev–Trinajstić information content (AvgIpc) is 2.80. The van der Waals surface area contributed by atoms with Gasteiger partial charge in [-0.05, 0) is 45.1 Å². The molecule has 1 aliphatic rings. The SMILES string of the molecule is COc1ccccc1[C@@H](CNC(=O)C1CCN(C(=O)Nc2ccccc2)CC1)N(C)C. The monoisotopic (exact) mass is 424 g/mol. The van der Waals surface area contributed by atoms with Gasteiger partial charge in [0.15, 0.2) is 0 Å². The molecule has 0 aromatic heterocycles. The summed E-state index contributed by atoms with van der Waals surface area (Å²) >= 11 is 0. The van der Waals surface area contributed by atoms with Gasteiger partial charge in [-0.1, -0.05) is 36.4 Å². The Morgan fingerprint density at radius 3 is 2.35 bits per heavy atom. The second-order valence-electron chi connectivity index (χ2n) is 8.02. The largest absolute Gasteiger partial charge is 0.496 e. The Balaban J connectivity index is 1.50. The van der Waals surface area contributed by atoms with Gasteiger partial charge in [-0.25, -0.2) is 4.79 Å². The van der Waals surface area contributed by atoms with Gasteiger partial charge in [0.1, 0.15) is 5.75 Å². The van der Waals surface area contributed by atoms with Crippen LogP contribution < -0.4 is 15.4 Å². The minimum Gasteiger partial charge on any atom is -0.496 e. The third-order valence-corrected chi connectivity index (χ3v) is 5.77. The third kappa shape index (κ3) is 5.98. The summed E-state index contributed by atoms with van der Waals surface area (Å²) < 4.78 is 5.49. The molecule has 0 saturated carbocycles. The molecule has 1 saturated heterocycles. The zero-order valence-electron chi connectivity index (χ0n) is 18.5. The number of hydrogen-bond acceptors (Lipinski definition) is 4. The van der Waals surface area contributed by atoms with E-state index in [1.165, 1.54) is 0 Å². The van der Waals surface area contributed by atoms with E-state index in [9.17, 15) is 9.59 Å². The molecule has 1 fully saturated rings. The maximum Gasteiger partial charge on any atom is 0.321 e. The maximum absolute atomic E-state index is 12.8. The number of hydrogen-bond donors (Lipinski definition) is 2. The fraction of sp³-hybridized carbons (Fsp3) is 0.417. The molecule has 0 radical (unpaired) electrons. The highest BCUT2D eigenvalue weighted by Crippen LogP contribution is 2.27. The van der Waals surface area contributed by atoms with Crippen LogP contribution in [-0.2, 0) is 4.79 Å². The molecule has 0 spiro atoms. The quantitative estimate of drug-likeness (QED) is 0.715. The summed E-state index contributed by atoms with van der Waals surface area (Å²) in [5, 5.41) is 6.02. The number of rotatable bonds is 7. The number of piperidine rings is 1. The third-order valence-electron chi connectivity index (χ3n) is 5.77. The number of carbonyl (C=O) groups excluding carboxylic acids is 2. The first kappa shape index (κ1) is 22.6. The van der Waals surface area contributed by atoms with E-state index in [0.29, 0.717) is 32.5 Å². The van der Waals surface area contributed by atoms with Crippen LogP contribution in [0, 0.1) is 5.92 Å². The Labute approximate surface area is 184 Å². The standard InChI is InChI=1S/C24H32N4O3/c1-27(2)21(20-11-7-8-12-22(20)31-3)17-25-23(29)18-13-15-28(16-14-18)24(30)26-19-9-5-4-6-10-19/h4-12,18,21H,13-17H2,1-3H3,(H,25,29)(H,26,30)/t21-/m1/s1. The summed E-state index contributed by atoms with van der Waals surface area (Å²) in [6, 6.07) is 17.2. The minimum atomic E-state index is -0.117. The lowest BCUT2D eigenvalue weighted by Gasteiger charge is -2.32. The van der Waals surface area contributed by atoms with E-state index in [4.69, 9.17) is 4.74 Å². The zero-order valence-corrected chi connectivity index (χ0v) is 18.5. The number of urea groups is 1. The van der Waals surface area contributed by atoms with Crippen LogP contribution in [0.4, 0.5) is 10.5 Å². The van der Waals surface area contributed by atoms with Crippen LogP contribution in [0.1, 0.15) is 24.4 Å². The van der Waals surface area contributed by atoms with Crippen molar-refractivity contribution in [1.82, 2.24) is 15.1 Å². The number of nitrogens with one attached hydrogen (secondary N) is 2. The predicted octanol–water partition coefficient (Wildman–Crippen LogP) is 3.36. The van der Waals surface area contributed by atoms with Gasteiger partial charge in [-0.3, -0.25) is 4.79 Å². The molecular weight excluding hydrogens is 392 g/mol. The molecule has 1 atom stereocenters. The number of ether oxygens (including phenoxy) is 1. The number of likely N-dealkylation sites (N-methyl/N-ethyl adjacent to an activating group) is 1. The smallest absolute Gasteiger partial charge is 0.321 e. The van der Waals surface area contributed by atoms with E-state index in [2.05, 4.69) is 15.5 Å². The second-order valence-corrected chi connectivity index (χ2v) is 8.02. The summed E-state index contributed by atoms with van der Waals surface area (Å²) in [5.74, 6) is 0.777. The number of benzene rings is 2. The molecule has 3 rings (SSSR count). The summed E-state index contributed by atoms with van der Waals surface area (Å²) in [7, 11) is 5.64. The van der Waals surface area contributed by atoms with Crippen LogP contribution in [0.5, 0.6) is 5.75 Å². The van der Waals surface area contributed by atoms with Crippen molar-refractivity contribution in [3.8, 4) is 5.75 Å². The lowest BCUT2D eigenvalue weighted by atomic mass is 9.95. The van der Waals surface area contributed by atoms with Crippen molar-refractivity contribution in [2.24, 2.45) is 5.92 Å². The number of nitrogens with zero attached hydrogens (tertiary/aromatic N) is 2. The number of para-hydroxylation sites is 2. The normalized spacial score (nSPS) is 15.4. The van der Waals surface area contributed by atoms with E-state index in [0.717, 1.165) is 17.0 Å². The van der Waals surface area contributed by atoms with Crippen LogP contribution in [0.3, 0.4) is 0 Å². The van der Waals surface area contributed by atoms with Crippen LogP contribution in [0.2, 0.25) is 0 Å². The number of methoxy groups -OCH3 is 1. The van der Waals surface area contributed by atoms with E-state index >= 15 is 0 Å². The minimum absolute atomic E-state index is 0.0110. The first-order chi connectivity index (χ1) is 15.0. The summed E-state index contributed by atoms with van der Waals surface area (Å²) in [5.41, 5.74) is 1.82. The molecule has 2 aromatic rings. The number of carbonyl (C=O) groups is 2.